The van der Waals surface area contributed by atoms with Gasteiger partial charge in [-0.15, -0.1) is 0 Å². The van der Waals surface area contributed by atoms with Crippen molar-refractivity contribution in [1.29, 1.82) is 0 Å². The minimum atomic E-state index is -3.39. The first-order valence-corrected chi connectivity index (χ1v) is 10.1. The molecule has 0 spiro atoms. The summed E-state index contributed by atoms with van der Waals surface area (Å²) in [6.45, 7) is 3.27. The molecule has 0 aromatic heterocycles. The van der Waals surface area contributed by atoms with Gasteiger partial charge in [0.15, 0.2) is 0 Å². The number of nitrogens with zero attached hydrogens (tertiary/aromatic N) is 1. The fraction of sp³-hybridized carbons (Fsp3) is 0.588. The highest BCUT2D eigenvalue weighted by molar-refractivity contribution is 7.89. The predicted molar refractivity (Wildman–Crippen MR) is 91.9 cm³/mol. The topological polar surface area (TPSA) is 78.5 Å². The van der Waals surface area contributed by atoms with E-state index in [2.05, 4.69) is 10.6 Å². The molecule has 0 bridgehead atoms. The van der Waals surface area contributed by atoms with Crippen LogP contribution in [0.15, 0.2) is 29.2 Å². The summed E-state index contributed by atoms with van der Waals surface area (Å²) in [7, 11) is -3.39. The van der Waals surface area contributed by atoms with Crippen molar-refractivity contribution in [3.8, 4) is 0 Å². The van der Waals surface area contributed by atoms with Gasteiger partial charge in [-0.05, 0) is 43.5 Å². The summed E-state index contributed by atoms with van der Waals surface area (Å²) in [4.78, 5) is 12.3. The Labute approximate surface area is 143 Å². The molecule has 2 heterocycles. The van der Waals surface area contributed by atoms with Gasteiger partial charge >= 0.3 is 0 Å². The monoisotopic (exact) mass is 351 g/mol. The maximum Gasteiger partial charge on any atom is 0.243 e. The van der Waals surface area contributed by atoms with Crippen LogP contribution >= 0.6 is 0 Å². The molecule has 2 aliphatic heterocycles. The van der Waals surface area contributed by atoms with Crippen LogP contribution in [0.2, 0.25) is 0 Å². The van der Waals surface area contributed by atoms with E-state index in [1.807, 2.05) is 0 Å². The lowest BCUT2D eigenvalue weighted by Crippen LogP contribution is -2.35. The van der Waals surface area contributed by atoms with Crippen LogP contribution in [0.1, 0.15) is 31.2 Å². The number of sulfonamides is 1. The molecular formula is C17H25N3O3S. The zero-order valence-electron chi connectivity index (χ0n) is 13.8. The fourth-order valence-electron chi connectivity index (χ4n) is 3.25. The molecule has 0 saturated carbocycles. The molecule has 2 aliphatic rings. The molecular weight excluding hydrogens is 326 g/mol. The van der Waals surface area contributed by atoms with Crippen molar-refractivity contribution in [3.05, 3.63) is 29.8 Å². The maximum atomic E-state index is 12.6. The molecule has 132 valence electrons. The van der Waals surface area contributed by atoms with E-state index in [4.69, 9.17) is 0 Å². The predicted octanol–water partition coefficient (Wildman–Crippen LogP) is 1.09. The fourth-order valence-corrected chi connectivity index (χ4v) is 4.76. The first kappa shape index (κ1) is 17.4. The van der Waals surface area contributed by atoms with Crippen LogP contribution in [0.3, 0.4) is 0 Å². The number of carbonyl (C=O) groups excluding carboxylic acids is 1. The van der Waals surface area contributed by atoms with Gasteiger partial charge in [0.1, 0.15) is 0 Å². The number of hydrogen-bond donors (Lipinski definition) is 2. The van der Waals surface area contributed by atoms with Crippen molar-refractivity contribution >= 4 is 15.9 Å². The third-order valence-corrected chi connectivity index (χ3v) is 6.69. The molecule has 1 unspecified atom stereocenters. The van der Waals surface area contributed by atoms with Gasteiger partial charge in [-0.3, -0.25) is 4.79 Å². The number of benzene rings is 1. The Morgan fingerprint density at radius 2 is 1.88 bits per heavy atom. The van der Waals surface area contributed by atoms with Crippen molar-refractivity contribution in [2.75, 3.05) is 26.2 Å². The maximum absolute atomic E-state index is 12.6. The molecule has 0 aliphatic carbocycles. The Kier molecular flexibility index (Phi) is 5.53. The number of carbonyl (C=O) groups is 1. The highest BCUT2D eigenvalue weighted by atomic mass is 32.2. The van der Waals surface area contributed by atoms with E-state index in [-0.39, 0.29) is 11.8 Å². The lowest BCUT2D eigenvalue weighted by atomic mass is 10.1. The van der Waals surface area contributed by atoms with Crippen LogP contribution in [0, 0.1) is 5.92 Å². The zero-order valence-corrected chi connectivity index (χ0v) is 14.6. The summed E-state index contributed by atoms with van der Waals surface area (Å²) in [5, 5.41) is 6.10. The van der Waals surface area contributed by atoms with Crippen LogP contribution in [-0.2, 0) is 21.4 Å². The van der Waals surface area contributed by atoms with Gasteiger partial charge in [0, 0.05) is 26.2 Å². The minimum Gasteiger partial charge on any atom is -0.352 e. The normalized spacial score (nSPS) is 22.4. The van der Waals surface area contributed by atoms with Crippen molar-refractivity contribution in [3.63, 3.8) is 0 Å². The number of rotatable bonds is 5. The number of nitrogens with one attached hydrogen (secondary N) is 2. The molecule has 2 fully saturated rings. The van der Waals surface area contributed by atoms with E-state index < -0.39 is 10.0 Å². The zero-order chi connectivity index (χ0) is 17.0. The third-order valence-electron chi connectivity index (χ3n) is 4.77. The van der Waals surface area contributed by atoms with Gasteiger partial charge in [0.25, 0.3) is 0 Å². The smallest absolute Gasteiger partial charge is 0.243 e. The van der Waals surface area contributed by atoms with Crippen LogP contribution in [0.4, 0.5) is 0 Å². The third kappa shape index (κ3) is 3.96. The summed E-state index contributed by atoms with van der Waals surface area (Å²) >= 11 is 0. The summed E-state index contributed by atoms with van der Waals surface area (Å²) in [5.74, 6) is 0.105. The average molecular weight is 351 g/mol. The van der Waals surface area contributed by atoms with Crippen molar-refractivity contribution in [2.24, 2.45) is 5.92 Å². The van der Waals surface area contributed by atoms with Crippen molar-refractivity contribution < 1.29 is 13.2 Å². The highest BCUT2D eigenvalue weighted by Crippen LogP contribution is 2.20. The largest absolute Gasteiger partial charge is 0.352 e. The lowest BCUT2D eigenvalue weighted by Gasteiger charge is -2.25. The summed E-state index contributed by atoms with van der Waals surface area (Å²) in [6.07, 6.45) is 3.83. The number of hydrogen-bond acceptors (Lipinski definition) is 4. The van der Waals surface area contributed by atoms with E-state index in [1.165, 1.54) is 0 Å². The Morgan fingerprint density at radius 3 is 2.50 bits per heavy atom. The molecule has 2 N–H and O–H groups in total. The Balaban J connectivity index is 1.59. The van der Waals surface area contributed by atoms with Gasteiger partial charge in [-0.2, -0.15) is 4.31 Å². The van der Waals surface area contributed by atoms with Gasteiger partial charge in [-0.1, -0.05) is 18.6 Å². The summed E-state index contributed by atoms with van der Waals surface area (Å²) in [6, 6.07) is 6.85. The summed E-state index contributed by atoms with van der Waals surface area (Å²) < 4.78 is 26.7. The van der Waals surface area contributed by atoms with E-state index >= 15 is 0 Å². The molecule has 2 saturated heterocycles. The van der Waals surface area contributed by atoms with Crippen molar-refractivity contribution in [1.82, 2.24) is 14.9 Å². The molecule has 6 nitrogen and oxygen atoms in total. The molecule has 1 aromatic rings. The second kappa shape index (κ2) is 7.63. The molecule has 3 rings (SSSR count). The SMILES string of the molecule is O=C(NCc1ccc(S(=O)(=O)N2CCCCC2)cc1)C1CCNC1. The quantitative estimate of drug-likeness (QED) is 0.832. The van der Waals surface area contributed by atoms with Crippen molar-refractivity contribution in [2.45, 2.75) is 37.1 Å². The number of piperidine rings is 1. The molecule has 7 heteroatoms. The highest BCUT2D eigenvalue weighted by Gasteiger charge is 2.26. The Hall–Kier alpha value is -1.44. The molecule has 0 radical (unpaired) electrons. The second-order valence-corrected chi connectivity index (χ2v) is 8.45. The Morgan fingerprint density at radius 1 is 1.17 bits per heavy atom. The van der Waals surface area contributed by atoms with E-state index in [1.54, 1.807) is 28.6 Å². The average Bonchev–Trinajstić information content (AvgIpc) is 3.15. The molecule has 1 amide bonds. The minimum absolute atomic E-state index is 0.0451. The van der Waals surface area contributed by atoms with Crippen LogP contribution in [0.5, 0.6) is 0 Å². The second-order valence-electron chi connectivity index (χ2n) is 6.52. The van der Waals surface area contributed by atoms with E-state index in [0.29, 0.717) is 24.5 Å². The van der Waals surface area contributed by atoms with Gasteiger partial charge in [0.05, 0.1) is 10.8 Å². The van der Waals surface area contributed by atoms with Gasteiger partial charge in [0.2, 0.25) is 15.9 Å². The van der Waals surface area contributed by atoms with Crippen LogP contribution in [-0.4, -0.2) is 44.8 Å². The van der Waals surface area contributed by atoms with Crippen LogP contribution in [0.25, 0.3) is 0 Å². The van der Waals surface area contributed by atoms with Gasteiger partial charge in [-0.25, -0.2) is 8.42 Å². The Bertz CT molecular complexity index is 661. The first-order chi connectivity index (χ1) is 11.6. The molecule has 1 aromatic carbocycles. The lowest BCUT2D eigenvalue weighted by molar-refractivity contribution is -0.124. The van der Waals surface area contributed by atoms with Crippen LogP contribution < -0.4 is 10.6 Å². The molecule has 1 atom stereocenters. The summed E-state index contributed by atoms with van der Waals surface area (Å²) in [5.41, 5.74) is 0.909. The first-order valence-electron chi connectivity index (χ1n) is 8.65. The molecule has 24 heavy (non-hydrogen) atoms. The van der Waals surface area contributed by atoms with E-state index in [0.717, 1.165) is 44.3 Å². The standard InChI is InChI=1S/C17H25N3O3S/c21-17(15-8-9-18-13-15)19-12-14-4-6-16(7-5-14)24(22,23)20-10-2-1-3-11-20/h4-7,15,18H,1-3,8-13H2,(H,19,21). The van der Waals surface area contributed by atoms with Gasteiger partial charge < -0.3 is 10.6 Å². The van der Waals surface area contributed by atoms with E-state index in [9.17, 15) is 13.2 Å². The number of amides is 1.